The lowest BCUT2D eigenvalue weighted by Crippen LogP contribution is -2.53. The third-order valence-corrected chi connectivity index (χ3v) is 6.08. The summed E-state index contributed by atoms with van der Waals surface area (Å²) in [5, 5.41) is 10.5. The van der Waals surface area contributed by atoms with Gasteiger partial charge in [0.1, 0.15) is 0 Å². The Bertz CT molecular complexity index is 513. The molecule has 6 atom stereocenters. The average Bonchev–Trinajstić information content (AvgIpc) is 2.48. The van der Waals surface area contributed by atoms with Crippen LogP contribution in [0.5, 0.6) is 0 Å². The summed E-state index contributed by atoms with van der Waals surface area (Å²) in [5.74, 6) is -1.57. The van der Waals surface area contributed by atoms with Crippen molar-refractivity contribution in [3.63, 3.8) is 0 Å². The van der Waals surface area contributed by atoms with Gasteiger partial charge in [-0.2, -0.15) is 0 Å². The highest BCUT2D eigenvalue weighted by molar-refractivity contribution is 7.09. The van der Waals surface area contributed by atoms with Crippen molar-refractivity contribution >= 4 is 21.2 Å². The van der Waals surface area contributed by atoms with Crippen LogP contribution in [0.3, 0.4) is 0 Å². The van der Waals surface area contributed by atoms with Crippen LogP contribution in [-0.2, 0) is 18.8 Å². The lowest BCUT2D eigenvalue weighted by molar-refractivity contribution is -0.171. The number of fused-ring (bicyclic) bond motifs is 1. The van der Waals surface area contributed by atoms with Crippen LogP contribution in [0, 0.1) is 17.3 Å². The first-order chi connectivity index (χ1) is 10.2. The van der Waals surface area contributed by atoms with Gasteiger partial charge >= 0.3 is 5.97 Å². The monoisotopic (exact) mass is 328 g/mol. The number of hydrogen-bond donors (Lipinski definition) is 1. The molecule has 22 heavy (non-hydrogen) atoms. The van der Waals surface area contributed by atoms with Gasteiger partial charge in [-0.3, -0.25) is 4.79 Å². The van der Waals surface area contributed by atoms with Gasteiger partial charge in [-0.05, 0) is 43.6 Å². The van der Waals surface area contributed by atoms with Crippen LogP contribution in [0.15, 0.2) is 11.6 Å². The maximum absolute atomic E-state index is 12.4. The van der Waals surface area contributed by atoms with Crippen molar-refractivity contribution in [2.75, 3.05) is 7.11 Å². The van der Waals surface area contributed by atoms with Gasteiger partial charge in [-0.15, -0.1) is 0 Å². The Morgan fingerprint density at radius 2 is 2.18 bits per heavy atom. The van der Waals surface area contributed by atoms with Crippen LogP contribution in [0.1, 0.15) is 40.0 Å². The molecule has 6 unspecified atom stereocenters. The van der Waals surface area contributed by atoms with Crippen molar-refractivity contribution in [2.24, 2.45) is 17.3 Å². The standard InChI is InChI=1S/C16H25O5P/c1-9-13(21-22)6-5-10-7-12(17)11(8-15(9,10)2)16(3,19)14(18)20-4/h7,9,11,13,19H,5-6,8,22H2,1-4H3. The fraction of sp³-hybridized carbons (Fsp3) is 0.750. The summed E-state index contributed by atoms with van der Waals surface area (Å²) >= 11 is 0. The summed E-state index contributed by atoms with van der Waals surface area (Å²) in [6.07, 6.45) is 3.81. The SMILES string of the molecule is COC(=O)C(C)(O)C1CC2(C)C(=CC1=O)CCC(OP)C2C. The number of methoxy groups -OCH3 is 1. The Balaban J connectivity index is 2.39. The maximum Gasteiger partial charge on any atom is 0.338 e. The van der Waals surface area contributed by atoms with E-state index < -0.39 is 17.5 Å². The van der Waals surface area contributed by atoms with Gasteiger partial charge in [0, 0.05) is 9.47 Å². The van der Waals surface area contributed by atoms with E-state index in [0.29, 0.717) is 6.42 Å². The zero-order chi connectivity index (χ0) is 16.7. The molecule has 2 aliphatic rings. The normalized spacial score (nSPS) is 37.8. The lowest BCUT2D eigenvalue weighted by atomic mass is 9.56. The summed E-state index contributed by atoms with van der Waals surface area (Å²) in [4.78, 5) is 24.3. The fourth-order valence-corrected chi connectivity index (χ4v) is 4.27. The Labute approximate surface area is 133 Å². The number of allylic oxidation sites excluding steroid dienone is 2. The predicted octanol–water partition coefficient (Wildman–Crippen LogP) is 2.04. The zero-order valence-electron chi connectivity index (χ0n) is 13.6. The van der Waals surface area contributed by atoms with Crippen LogP contribution in [0.25, 0.3) is 0 Å². The van der Waals surface area contributed by atoms with Gasteiger partial charge < -0.3 is 14.4 Å². The van der Waals surface area contributed by atoms with E-state index >= 15 is 0 Å². The van der Waals surface area contributed by atoms with E-state index in [9.17, 15) is 14.7 Å². The summed E-state index contributed by atoms with van der Waals surface area (Å²) in [7, 11) is 3.53. The Morgan fingerprint density at radius 1 is 1.55 bits per heavy atom. The van der Waals surface area contributed by atoms with E-state index in [4.69, 9.17) is 4.52 Å². The molecule has 0 saturated heterocycles. The minimum absolute atomic E-state index is 0.0871. The van der Waals surface area contributed by atoms with E-state index in [-0.39, 0.29) is 23.2 Å². The minimum atomic E-state index is -1.81. The highest BCUT2D eigenvalue weighted by Crippen LogP contribution is 2.53. The van der Waals surface area contributed by atoms with E-state index in [1.54, 1.807) is 6.08 Å². The zero-order valence-corrected chi connectivity index (χ0v) is 14.7. The molecule has 2 aliphatic carbocycles. The predicted molar refractivity (Wildman–Crippen MR) is 84.9 cm³/mol. The largest absolute Gasteiger partial charge is 0.467 e. The van der Waals surface area contributed by atoms with E-state index in [1.165, 1.54) is 14.0 Å². The van der Waals surface area contributed by atoms with Gasteiger partial charge in [0.15, 0.2) is 11.4 Å². The van der Waals surface area contributed by atoms with Crippen LogP contribution >= 0.6 is 9.47 Å². The minimum Gasteiger partial charge on any atom is -0.467 e. The number of ketones is 1. The first-order valence-electron chi connectivity index (χ1n) is 7.59. The van der Waals surface area contributed by atoms with Crippen LogP contribution in [0.4, 0.5) is 0 Å². The Kier molecular flexibility index (Phi) is 4.82. The number of ether oxygens (including phenoxy) is 1. The molecule has 1 N–H and O–H groups in total. The topological polar surface area (TPSA) is 72.8 Å². The van der Waals surface area contributed by atoms with Gasteiger partial charge in [-0.25, -0.2) is 4.79 Å². The molecule has 0 aromatic carbocycles. The molecule has 124 valence electrons. The van der Waals surface area contributed by atoms with Gasteiger partial charge in [0.05, 0.1) is 19.1 Å². The molecular weight excluding hydrogens is 303 g/mol. The van der Waals surface area contributed by atoms with Crippen molar-refractivity contribution < 1.29 is 24.0 Å². The van der Waals surface area contributed by atoms with Crippen LogP contribution in [0.2, 0.25) is 0 Å². The maximum atomic E-state index is 12.4. The van der Waals surface area contributed by atoms with Crippen LogP contribution in [-0.4, -0.2) is 35.7 Å². The lowest BCUT2D eigenvalue weighted by Gasteiger charge is -2.50. The van der Waals surface area contributed by atoms with E-state index in [2.05, 4.69) is 28.1 Å². The molecule has 0 aromatic heterocycles. The molecule has 0 spiro atoms. The molecule has 0 aliphatic heterocycles. The third-order valence-electron chi connectivity index (χ3n) is 5.73. The molecule has 1 saturated carbocycles. The van der Waals surface area contributed by atoms with Gasteiger partial charge in [-0.1, -0.05) is 19.4 Å². The molecule has 0 amide bonds. The molecule has 1 fully saturated rings. The molecule has 6 heteroatoms. The highest BCUT2D eigenvalue weighted by Gasteiger charge is 2.54. The third kappa shape index (κ3) is 2.64. The summed E-state index contributed by atoms with van der Waals surface area (Å²) in [5.41, 5.74) is -0.984. The average molecular weight is 328 g/mol. The molecule has 0 heterocycles. The second-order valence-electron chi connectivity index (χ2n) is 6.89. The quantitative estimate of drug-likeness (QED) is 0.634. The van der Waals surface area contributed by atoms with Crippen molar-refractivity contribution in [3.05, 3.63) is 11.6 Å². The van der Waals surface area contributed by atoms with E-state index in [0.717, 1.165) is 18.4 Å². The Morgan fingerprint density at radius 3 is 2.73 bits per heavy atom. The van der Waals surface area contributed by atoms with Crippen molar-refractivity contribution in [3.8, 4) is 0 Å². The Hall–Kier alpha value is -0.770. The second-order valence-corrected chi connectivity index (χ2v) is 7.16. The number of carbonyl (C=O) groups is 2. The van der Waals surface area contributed by atoms with Crippen molar-refractivity contribution in [2.45, 2.75) is 51.7 Å². The van der Waals surface area contributed by atoms with Gasteiger partial charge in [0.25, 0.3) is 0 Å². The number of hydrogen-bond acceptors (Lipinski definition) is 5. The van der Waals surface area contributed by atoms with Gasteiger partial charge in [0.2, 0.25) is 0 Å². The second kappa shape index (κ2) is 6.03. The molecule has 0 bridgehead atoms. The number of aliphatic hydroxyl groups is 1. The number of carbonyl (C=O) groups excluding carboxylic acids is 2. The summed E-state index contributed by atoms with van der Waals surface area (Å²) < 4.78 is 10.1. The molecular formula is C16H25O5P. The first kappa shape index (κ1) is 17.6. The first-order valence-corrected chi connectivity index (χ1v) is 8.06. The van der Waals surface area contributed by atoms with Crippen LogP contribution < -0.4 is 0 Å². The van der Waals surface area contributed by atoms with E-state index in [1.807, 2.05) is 0 Å². The summed E-state index contributed by atoms with van der Waals surface area (Å²) in [6.45, 7) is 5.55. The summed E-state index contributed by atoms with van der Waals surface area (Å²) in [6, 6.07) is 0. The number of esters is 1. The molecule has 5 nitrogen and oxygen atoms in total. The number of rotatable bonds is 3. The molecule has 2 rings (SSSR count). The molecule has 0 aromatic rings. The highest BCUT2D eigenvalue weighted by atomic mass is 31.0. The smallest absolute Gasteiger partial charge is 0.338 e. The van der Waals surface area contributed by atoms with Crippen molar-refractivity contribution in [1.29, 1.82) is 0 Å². The van der Waals surface area contributed by atoms with Crippen molar-refractivity contribution in [1.82, 2.24) is 0 Å². The molecule has 0 radical (unpaired) electrons. The fourth-order valence-electron chi connectivity index (χ4n) is 3.90.